The smallest absolute Gasteiger partial charge is 0.331 e. The molecule has 2 aromatic rings. The van der Waals surface area contributed by atoms with Crippen molar-refractivity contribution in [3.63, 3.8) is 0 Å². The topological polar surface area (TPSA) is 46.5 Å². The maximum absolute atomic E-state index is 11.2. The third-order valence-electron chi connectivity index (χ3n) is 3.63. The Balaban J connectivity index is 2.05. The van der Waals surface area contributed by atoms with E-state index >= 15 is 0 Å². The number of carboxylic acids is 1. The fraction of sp³-hybridized carbons (Fsp3) is 0.167. The zero-order valence-corrected chi connectivity index (χ0v) is 11.8. The number of carbonyl (C=O) groups is 1. The molecule has 2 aromatic carbocycles. The van der Waals surface area contributed by atoms with Gasteiger partial charge < -0.3 is 9.84 Å². The average Bonchev–Trinajstić information content (AvgIpc) is 2.69. The van der Waals surface area contributed by atoms with Gasteiger partial charge in [0.15, 0.2) is 0 Å². The van der Waals surface area contributed by atoms with Crippen LogP contribution in [0.5, 0.6) is 5.75 Å². The van der Waals surface area contributed by atoms with Crippen LogP contribution in [0.3, 0.4) is 0 Å². The van der Waals surface area contributed by atoms with Crippen molar-refractivity contribution in [2.24, 2.45) is 0 Å². The van der Waals surface area contributed by atoms with Crippen molar-refractivity contribution in [3.8, 4) is 16.9 Å². The standard InChI is InChI=1S/C18H16O3/c1-12-2-4-13(5-3-12)14-6-7-17-16(10-14)11-15(18(19)20)8-9-21-17/h2-7,10-11H,8-9H2,1H3,(H,19,20). The van der Waals surface area contributed by atoms with Gasteiger partial charge in [0, 0.05) is 17.6 Å². The lowest BCUT2D eigenvalue weighted by Crippen LogP contribution is -2.03. The number of rotatable bonds is 2. The van der Waals surface area contributed by atoms with E-state index in [-0.39, 0.29) is 0 Å². The molecular weight excluding hydrogens is 264 g/mol. The first-order valence-corrected chi connectivity index (χ1v) is 6.91. The molecule has 3 rings (SSSR count). The van der Waals surface area contributed by atoms with Crippen LogP contribution in [0.2, 0.25) is 0 Å². The number of carboxylic acid groups (broad SMARTS) is 1. The summed E-state index contributed by atoms with van der Waals surface area (Å²) in [5, 5.41) is 9.18. The summed E-state index contributed by atoms with van der Waals surface area (Å²) in [6.45, 7) is 2.45. The molecule has 21 heavy (non-hydrogen) atoms. The Bertz CT molecular complexity index is 712. The van der Waals surface area contributed by atoms with E-state index < -0.39 is 5.97 Å². The van der Waals surface area contributed by atoms with E-state index in [2.05, 4.69) is 31.2 Å². The second kappa shape index (κ2) is 5.44. The number of fused-ring (bicyclic) bond motifs is 1. The van der Waals surface area contributed by atoms with E-state index in [9.17, 15) is 9.90 Å². The molecule has 0 aliphatic carbocycles. The Hall–Kier alpha value is -2.55. The van der Waals surface area contributed by atoms with Crippen LogP contribution < -0.4 is 4.74 Å². The summed E-state index contributed by atoms with van der Waals surface area (Å²) in [6, 6.07) is 14.2. The molecule has 0 unspecified atom stereocenters. The Kier molecular flexibility index (Phi) is 3.48. The molecule has 0 amide bonds. The van der Waals surface area contributed by atoms with Gasteiger partial charge in [-0.2, -0.15) is 0 Å². The molecule has 0 spiro atoms. The van der Waals surface area contributed by atoms with E-state index in [0.717, 1.165) is 22.4 Å². The number of ether oxygens (including phenoxy) is 1. The Morgan fingerprint density at radius 3 is 2.52 bits per heavy atom. The molecule has 0 saturated heterocycles. The van der Waals surface area contributed by atoms with Crippen LogP contribution in [0.15, 0.2) is 48.0 Å². The molecule has 1 aliphatic heterocycles. The Morgan fingerprint density at radius 1 is 1.10 bits per heavy atom. The molecule has 0 saturated carbocycles. The molecule has 0 atom stereocenters. The van der Waals surface area contributed by atoms with E-state index in [1.807, 2.05) is 18.2 Å². The zero-order chi connectivity index (χ0) is 14.8. The van der Waals surface area contributed by atoms with Crippen molar-refractivity contribution in [3.05, 3.63) is 59.2 Å². The summed E-state index contributed by atoms with van der Waals surface area (Å²) >= 11 is 0. The zero-order valence-electron chi connectivity index (χ0n) is 11.8. The minimum atomic E-state index is -0.882. The Morgan fingerprint density at radius 2 is 1.81 bits per heavy atom. The number of aryl methyl sites for hydroxylation is 1. The highest BCUT2D eigenvalue weighted by atomic mass is 16.5. The molecule has 1 heterocycles. The third kappa shape index (κ3) is 2.82. The van der Waals surface area contributed by atoms with Gasteiger partial charge in [-0.05, 0) is 36.3 Å². The van der Waals surface area contributed by atoms with Crippen molar-refractivity contribution in [1.29, 1.82) is 0 Å². The van der Waals surface area contributed by atoms with Crippen LogP contribution in [-0.2, 0) is 4.79 Å². The summed E-state index contributed by atoms with van der Waals surface area (Å²) in [5.41, 5.74) is 4.58. The highest BCUT2D eigenvalue weighted by molar-refractivity contribution is 5.93. The van der Waals surface area contributed by atoms with Gasteiger partial charge in [-0.1, -0.05) is 35.9 Å². The van der Waals surface area contributed by atoms with Gasteiger partial charge >= 0.3 is 5.97 Å². The molecule has 0 bridgehead atoms. The summed E-state index contributed by atoms with van der Waals surface area (Å²) in [5.74, 6) is -0.144. The van der Waals surface area contributed by atoms with Crippen molar-refractivity contribution >= 4 is 12.0 Å². The van der Waals surface area contributed by atoms with Crippen molar-refractivity contribution in [2.45, 2.75) is 13.3 Å². The van der Waals surface area contributed by atoms with Crippen LogP contribution in [-0.4, -0.2) is 17.7 Å². The van der Waals surface area contributed by atoms with Gasteiger partial charge in [-0.3, -0.25) is 0 Å². The van der Waals surface area contributed by atoms with Gasteiger partial charge in [-0.15, -0.1) is 0 Å². The van der Waals surface area contributed by atoms with E-state index in [4.69, 9.17) is 4.74 Å². The lowest BCUT2D eigenvalue weighted by molar-refractivity contribution is -0.132. The maximum Gasteiger partial charge on any atom is 0.331 e. The van der Waals surface area contributed by atoms with Crippen molar-refractivity contribution < 1.29 is 14.6 Å². The molecule has 1 aliphatic rings. The van der Waals surface area contributed by atoms with E-state index in [1.165, 1.54) is 5.56 Å². The fourth-order valence-electron chi connectivity index (χ4n) is 2.42. The van der Waals surface area contributed by atoms with Gasteiger partial charge in [-0.25, -0.2) is 4.79 Å². The molecule has 3 nitrogen and oxygen atoms in total. The highest BCUT2D eigenvalue weighted by Gasteiger charge is 2.15. The van der Waals surface area contributed by atoms with Crippen LogP contribution in [0.4, 0.5) is 0 Å². The van der Waals surface area contributed by atoms with Gasteiger partial charge in [0.1, 0.15) is 5.75 Å². The molecule has 0 radical (unpaired) electrons. The maximum atomic E-state index is 11.2. The SMILES string of the molecule is Cc1ccc(-c2ccc3c(c2)C=C(C(=O)O)CCO3)cc1. The van der Waals surface area contributed by atoms with E-state index in [1.54, 1.807) is 6.08 Å². The number of hydrogen-bond donors (Lipinski definition) is 1. The first kappa shape index (κ1) is 13.4. The monoisotopic (exact) mass is 280 g/mol. The average molecular weight is 280 g/mol. The molecule has 1 N–H and O–H groups in total. The highest BCUT2D eigenvalue weighted by Crippen LogP contribution is 2.31. The Labute approximate surface area is 123 Å². The summed E-state index contributed by atoms with van der Waals surface area (Å²) in [4.78, 5) is 11.2. The molecular formula is C18H16O3. The van der Waals surface area contributed by atoms with Gasteiger partial charge in [0.2, 0.25) is 0 Å². The summed E-state index contributed by atoms with van der Waals surface area (Å²) < 4.78 is 5.62. The molecule has 106 valence electrons. The first-order chi connectivity index (χ1) is 10.1. The summed E-state index contributed by atoms with van der Waals surface area (Å²) in [7, 11) is 0. The molecule has 0 aromatic heterocycles. The predicted octanol–water partition coefficient (Wildman–Crippen LogP) is 3.91. The third-order valence-corrected chi connectivity index (χ3v) is 3.63. The van der Waals surface area contributed by atoms with Crippen LogP contribution in [0.25, 0.3) is 17.2 Å². The van der Waals surface area contributed by atoms with Crippen LogP contribution >= 0.6 is 0 Å². The fourth-order valence-corrected chi connectivity index (χ4v) is 2.42. The van der Waals surface area contributed by atoms with Crippen molar-refractivity contribution in [2.75, 3.05) is 6.61 Å². The van der Waals surface area contributed by atoms with Gasteiger partial charge in [0.25, 0.3) is 0 Å². The minimum absolute atomic E-state index is 0.384. The summed E-state index contributed by atoms with van der Waals surface area (Å²) in [6.07, 6.45) is 2.13. The minimum Gasteiger partial charge on any atom is -0.493 e. The lowest BCUT2D eigenvalue weighted by Gasteiger charge is -2.09. The van der Waals surface area contributed by atoms with Crippen LogP contribution in [0.1, 0.15) is 17.5 Å². The largest absolute Gasteiger partial charge is 0.493 e. The molecule has 3 heteroatoms. The normalized spacial score (nSPS) is 13.7. The number of aliphatic carboxylic acids is 1. The van der Waals surface area contributed by atoms with E-state index in [0.29, 0.717) is 18.6 Å². The predicted molar refractivity (Wildman–Crippen MR) is 82.3 cm³/mol. The lowest BCUT2D eigenvalue weighted by atomic mass is 10.0. The number of benzene rings is 2. The second-order valence-corrected chi connectivity index (χ2v) is 5.19. The second-order valence-electron chi connectivity index (χ2n) is 5.19. The van der Waals surface area contributed by atoms with Crippen LogP contribution in [0, 0.1) is 6.92 Å². The first-order valence-electron chi connectivity index (χ1n) is 6.91. The van der Waals surface area contributed by atoms with Crippen molar-refractivity contribution in [1.82, 2.24) is 0 Å². The number of hydrogen-bond acceptors (Lipinski definition) is 2. The van der Waals surface area contributed by atoms with Gasteiger partial charge in [0.05, 0.1) is 6.61 Å². The quantitative estimate of drug-likeness (QED) is 0.907. The molecule has 0 fully saturated rings.